The average Bonchev–Trinajstić information content (AvgIpc) is 2.50. The van der Waals surface area contributed by atoms with E-state index in [4.69, 9.17) is 0 Å². The Morgan fingerprint density at radius 2 is 1.95 bits per heavy atom. The van der Waals surface area contributed by atoms with Crippen LogP contribution in [-0.2, 0) is 6.54 Å². The fourth-order valence-electron chi connectivity index (χ4n) is 2.32. The van der Waals surface area contributed by atoms with Gasteiger partial charge in [-0.15, -0.1) is 0 Å². The molecule has 0 aliphatic rings. The maximum absolute atomic E-state index is 4.63. The zero-order chi connectivity index (χ0) is 15.9. The molecule has 0 saturated carbocycles. The van der Waals surface area contributed by atoms with Crippen molar-refractivity contribution in [1.82, 2.24) is 9.97 Å². The predicted octanol–water partition coefficient (Wildman–Crippen LogP) is 3.94. The number of hydrogen-bond acceptors (Lipinski definition) is 4. The van der Waals surface area contributed by atoms with Crippen molar-refractivity contribution in [3.8, 4) is 0 Å². The van der Waals surface area contributed by atoms with Gasteiger partial charge in [-0.1, -0.05) is 43.2 Å². The number of aromatic nitrogens is 2. The Labute approximate surface area is 133 Å². The molecular weight excluding hydrogens is 272 g/mol. The Morgan fingerprint density at radius 3 is 2.68 bits per heavy atom. The summed E-state index contributed by atoms with van der Waals surface area (Å²) in [5.41, 5.74) is 3.52. The summed E-state index contributed by atoms with van der Waals surface area (Å²) in [5.74, 6) is 1.67. The number of rotatable bonds is 7. The van der Waals surface area contributed by atoms with Gasteiger partial charge in [-0.3, -0.25) is 0 Å². The summed E-state index contributed by atoms with van der Waals surface area (Å²) < 4.78 is 0. The van der Waals surface area contributed by atoms with Crippen LogP contribution in [0.3, 0.4) is 0 Å². The fourth-order valence-corrected chi connectivity index (χ4v) is 2.32. The summed E-state index contributed by atoms with van der Waals surface area (Å²) >= 11 is 0. The molecule has 1 aromatic heterocycles. The van der Waals surface area contributed by atoms with Crippen LogP contribution < -0.4 is 10.2 Å². The Balaban J connectivity index is 2.06. The smallest absolute Gasteiger partial charge is 0.227 e. The van der Waals surface area contributed by atoms with Gasteiger partial charge in [0.2, 0.25) is 5.95 Å². The van der Waals surface area contributed by atoms with Gasteiger partial charge in [0.05, 0.1) is 0 Å². The highest BCUT2D eigenvalue weighted by Gasteiger charge is 2.07. The topological polar surface area (TPSA) is 41.1 Å². The summed E-state index contributed by atoms with van der Waals surface area (Å²) in [4.78, 5) is 11.3. The summed E-state index contributed by atoms with van der Waals surface area (Å²) in [6.07, 6.45) is 2.33. The third-order valence-corrected chi connectivity index (χ3v) is 3.59. The lowest BCUT2D eigenvalue weighted by Crippen LogP contribution is -2.21. The van der Waals surface area contributed by atoms with E-state index in [1.54, 1.807) is 0 Å². The highest BCUT2D eigenvalue weighted by Crippen LogP contribution is 2.14. The molecular formula is C18H26N4. The molecule has 0 amide bonds. The first-order chi connectivity index (χ1) is 10.6. The third-order valence-electron chi connectivity index (χ3n) is 3.59. The lowest BCUT2D eigenvalue weighted by molar-refractivity contribution is 0.748. The molecule has 22 heavy (non-hydrogen) atoms. The van der Waals surface area contributed by atoms with E-state index in [0.29, 0.717) is 0 Å². The van der Waals surface area contributed by atoms with Crippen molar-refractivity contribution in [3.05, 3.63) is 47.2 Å². The number of nitrogens with zero attached hydrogens (tertiary/aromatic N) is 3. The van der Waals surface area contributed by atoms with Crippen molar-refractivity contribution in [2.75, 3.05) is 23.8 Å². The second kappa shape index (κ2) is 7.78. The van der Waals surface area contributed by atoms with Gasteiger partial charge >= 0.3 is 0 Å². The lowest BCUT2D eigenvalue weighted by Gasteiger charge is -2.18. The van der Waals surface area contributed by atoms with Gasteiger partial charge in [-0.2, -0.15) is 4.98 Å². The van der Waals surface area contributed by atoms with Crippen molar-refractivity contribution < 1.29 is 0 Å². The van der Waals surface area contributed by atoms with Crippen LogP contribution >= 0.6 is 0 Å². The number of anilines is 2. The second-order valence-corrected chi connectivity index (χ2v) is 5.81. The molecule has 0 spiro atoms. The van der Waals surface area contributed by atoms with Crippen molar-refractivity contribution >= 4 is 11.8 Å². The molecule has 0 atom stereocenters. The molecule has 4 nitrogen and oxygen atoms in total. The Bertz CT molecular complexity index is 610. The molecule has 0 aliphatic carbocycles. The summed E-state index contributed by atoms with van der Waals surface area (Å²) in [6, 6.07) is 10.5. The van der Waals surface area contributed by atoms with E-state index in [1.807, 2.05) is 13.0 Å². The van der Waals surface area contributed by atoms with Crippen LogP contribution in [0.5, 0.6) is 0 Å². The minimum absolute atomic E-state index is 0.774. The summed E-state index contributed by atoms with van der Waals surface area (Å²) in [5, 5.41) is 3.40. The molecule has 4 heteroatoms. The molecule has 0 radical (unpaired) electrons. The van der Waals surface area contributed by atoms with Crippen LogP contribution in [0.15, 0.2) is 30.3 Å². The van der Waals surface area contributed by atoms with Crippen LogP contribution in [0.2, 0.25) is 0 Å². The van der Waals surface area contributed by atoms with Crippen LogP contribution in [-0.4, -0.2) is 23.6 Å². The van der Waals surface area contributed by atoms with E-state index in [2.05, 4.69) is 65.3 Å². The van der Waals surface area contributed by atoms with Crippen molar-refractivity contribution in [3.63, 3.8) is 0 Å². The highest BCUT2D eigenvalue weighted by atomic mass is 15.2. The van der Waals surface area contributed by atoms with E-state index in [9.17, 15) is 0 Å². The molecule has 0 saturated heterocycles. The van der Waals surface area contributed by atoms with Crippen molar-refractivity contribution in [2.45, 2.75) is 40.2 Å². The number of nitrogens with one attached hydrogen (secondary N) is 1. The quantitative estimate of drug-likeness (QED) is 0.840. The van der Waals surface area contributed by atoms with E-state index >= 15 is 0 Å². The normalized spacial score (nSPS) is 10.5. The first kappa shape index (κ1) is 16.3. The molecule has 0 unspecified atom stereocenters. The predicted molar refractivity (Wildman–Crippen MR) is 93.5 cm³/mol. The summed E-state index contributed by atoms with van der Waals surface area (Å²) in [6.45, 7) is 8.07. The van der Waals surface area contributed by atoms with Crippen LogP contribution in [0.25, 0.3) is 0 Å². The maximum Gasteiger partial charge on any atom is 0.227 e. The zero-order valence-corrected chi connectivity index (χ0v) is 14.1. The SMILES string of the molecule is CCCCN(C)c1nc(C)cc(NCc2cccc(C)c2)n1. The van der Waals surface area contributed by atoms with Crippen molar-refractivity contribution in [1.29, 1.82) is 0 Å². The molecule has 0 bridgehead atoms. The Kier molecular flexibility index (Phi) is 5.75. The highest BCUT2D eigenvalue weighted by molar-refractivity contribution is 5.43. The van der Waals surface area contributed by atoms with Gasteiger partial charge in [-0.25, -0.2) is 4.98 Å². The van der Waals surface area contributed by atoms with Crippen LogP contribution in [0.4, 0.5) is 11.8 Å². The summed E-state index contributed by atoms with van der Waals surface area (Å²) in [7, 11) is 2.05. The number of hydrogen-bond donors (Lipinski definition) is 1. The Hall–Kier alpha value is -2.10. The minimum Gasteiger partial charge on any atom is -0.366 e. The Morgan fingerprint density at radius 1 is 1.14 bits per heavy atom. The monoisotopic (exact) mass is 298 g/mol. The zero-order valence-electron chi connectivity index (χ0n) is 14.1. The lowest BCUT2D eigenvalue weighted by atomic mass is 10.1. The first-order valence-electron chi connectivity index (χ1n) is 7.94. The maximum atomic E-state index is 4.63. The molecule has 1 N–H and O–H groups in total. The molecule has 2 rings (SSSR count). The van der Waals surface area contributed by atoms with Gasteiger partial charge in [0.1, 0.15) is 5.82 Å². The van der Waals surface area contributed by atoms with Gasteiger partial charge in [-0.05, 0) is 25.8 Å². The van der Waals surface area contributed by atoms with Gasteiger partial charge in [0.15, 0.2) is 0 Å². The van der Waals surface area contributed by atoms with Crippen molar-refractivity contribution in [2.24, 2.45) is 0 Å². The number of unbranched alkanes of at least 4 members (excludes halogenated alkanes) is 1. The van der Waals surface area contributed by atoms with Gasteiger partial charge in [0.25, 0.3) is 0 Å². The second-order valence-electron chi connectivity index (χ2n) is 5.81. The molecule has 1 aromatic carbocycles. The van der Waals surface area contributed by atoms with Crippen LogP contribution in [0.1, 0.15) is 36.6 Å². The van der Waals surface area contributed by atoms with Gasteiger partial charge in [0, 0.05) is 31.9 Å². The van der Waals surface area contributed by atoms with E-state index < -0.39 is 0 Å². The van der Waals surface area contributed by atoms with Crippen LogP contribution in [0, 0.1) is 13.8 Å². The van der Waals surface area contributed by atoms with Gasteiger partial charge < -0.3 is 10.2 Å². The van der Waals surface area contributed by atoms with E-state index in [0.717, 1.165) is 37.0 Å². The first-order valence-corrected chi connectivity index (χ1v) is 7.94. The molecule has 1 heterocycles. The third kappa shape index (κ3) is 4.72. The molecule has 118 valence electrons. The minimum atomic E-state index is 0.774. The number of benzene rings is 1. The average molecular weight is 298 g/mol. The fraction of sp³-hybridized carbons (Fsp3) is 0.444. The van der Waals surface area contributed by atoms with E-state index in [-0.39, 0.29) is 0 Å². The standard InChI is InChI=1S/C18H26N4/c1-5-6-10-22(4)18-20-15(3)12-17(21-18)19-13-16-9-7-8-14(2)11-16/h7-9,11-12H,5-6,10,13H2,1-4H3,(H,19,20,21). The molecule has 0 aliphatic heterocycles. The largest absolute Gasteiger partial charge is 0.366 e. The molecule has 0 fully saturated rings. The molecule has 2 aromatic rings. The van der Waals surface area contributed by atoms with E-state index in [1.165, 1.54) is 17.5 Å². The number of aryl methyl sites for hydroxylation is 2.